The monoisotopic (exact) mass is 342 g/mol. The molecule has 0 saturated carbocycles. The van der Waals surface area contributed by atoms with Crippen LogP contribution in [0.2, 0.25) is 0 Å². The molecule has 0 aromatic carbocycles. The number of quaternary nitrogens is 1. The lowest BCUT2D eigenvalue weighted by Crippen LogP contribution is -2.57. The summed E-state index contributed by atoms with van der Waals surface area (Å²) < 4.78 is 57.6. The Labute approximate surface area is 125 Å². The summed E-state index contributed by atoms with van der Waals surface area (Å²) in [6.45, 7) is 1.80. The van der Waals surface area contributed by atoms with Crippen molar-refractivity contribution >= 4 is 25.9 Å². The Kier molecular flexibility index (Phi) is 4.79. The van der Waals surface area contributed by atoms with Crippen molar-refractivity contribution < 1.29 is 30.7 Å². The van der Waals surface area contributed by atoms with Gasteiger partial charge in [-0.15, -0.1) is 0 Å². The van der Waals surface area contributed by atoms with Gasteiger partial charge in [-0.2, -0.15) is 0 Å². The maximum absolute atomic E-state index is 11.9. The van der Waals surface area contributed by atoms with E-state index in [2.05, 4.69) is 5.32 Å². The minimum Gasteiger partial charge on any atom is -0.748 e. The maximum Gasteiger partial charge on any atom is 0.226 e. The molecule has 0 aromatic rings. The summed E-state index contributed by atoms with van der Waals surface area (Å²) in [6.07, 6.45) is 0.116. The van der Waals surface area contributed by atoms with Gasteiger partial charge in [0.1, 0.15) is 10.1 Å². The first-order valence-electron chi connectivity index (χ1n) is 6.41. The topological polar surface area (TPSA) is 120 Å². The van der Waals surface area contributed by atoms with E-state index in [9.17, 15) is 26.2 Å². The first-order chi connectivity index (χ1) is 9.15. The molecule has 10 heteroatoms. The van der Waals surface area contributed by atoms with Crippen LogP contribution in [0.15, 0.2) is 0 Å². The van der Waals surface area contributed by atoms with E-state index in [1.807, 2.05) is 21.1 Å². The van der Waals surface area contributed by atoms with Gasteiger partial charge in [-0.3, -0.25) is 4.79 Å². The number of carbonyl (C=O) groups excluding carboxylic acids is 1. The molecule has 1 heterocycles. The molecule has 8 nitrogen and oxygen atoms in total. The van der Waals surface area contributed by atoms with Crippen LogP contribution in [0.1, 0.15) is 13.3 Å². The van der Waals surface area contributed by atoms with Crippen molar-refractivity contribution in [3.63, 3.8) is 0 Å². The lowest BCUT2D eigenvalue weighted by molar-refractivity contribution is -0.869. The van der Waals surface area contributed by atoms with Crippen LogP contribution in [0.3, 0.4) is 0 Å². The minimum absolute atomic E-state index is 0.116. The van der Waals surface area contributed by atoms with Gasteiger partial charge in [0.15, 0.2) is 9.84 Å². The van der Waals surface area contributed by atoms with E-state index in [1.54, 1.807) is 0 Å². The van der Waals surface area contributed by atoms with Crippen LogP contribution < -0.4 is 5.32 Å². The second-order valence-electron chi connectivity index (χ2n) is 6.77. The lowest BCUT2D eigenvalue weighted by Gasteiger charge is -2.33. The predicted octanol–water partition coefficient (Wildman–Crippen LogP) is -1.70. The smallest absolute Gasteiger partial charge is 0.226 e. The summed E-state index contributed by atoms with van der Waals surface area (Å²) in [4.78, 5) is 11.9. The normalized spacial score (nSPS) is 29.3. The summed E-state index contributed by atoms with van der Waals surface area (Å²) in [5, 5.41) is 0.783. The number of carbonyl (C=O) groups is 1. The summed E-state index contributed by atoms with van der Waals surface area (Å²) in [5.41, 5.74) is -1.57. The van der Waals surface area contributed by atoms with Crippen molar-refractivity contribution in [2.75, 3.05) is 39.2 Å². The standard InChI is InChI=1S/C11H22N2O6S2/c1-11(12-10(14)5-6-13(2,3)4)8-20(15,16)7-9(11)21(17,18)19/h9H,5-8H2,1-4H3,(H-,12,14,17,18,19)/t9-,11-/m0/s1. The highest BCUT2D eigenvalue weighted by Crippen LogP contribution is 2.28. The Balaban J connectivity index is 2.90. The molecule has 0 aromatic heterocycles. The number of nitrogens with one attached hydrogen (secondary N) is 1. The van der Waals surface area contributed by atoms with Crippen LogP contribution in [0.5, 0.6) is 0 Å². The van der Waals surface area contributed by atoms with E-state index >= 15 is 0 Å². The first kappa shape index (κ1) is 18.3. The highest BCUT2D eigenvalue weighted by molar-refractivity contribution is 7.94. The summed E-state index contributed by atoms with van der Waals surface area (Å²) in [6, 6.07) is 0. The molecule has 1 rings (SSSR count). The Morgan fingerprint density at radius 3 is 2.33 bits per heavy atom. The number of sulfone groups is 1. The Morgan fingerprint density at radius 1 is 1.38 bits per heavy atom. The zero-order valence-corrected chi connectivity index (χ0v) is 14.3. The average molecular weight is 342 g/mol. The van der Waals surface area contributed by atoms with Crippen LogP contribution in [0.4, 0.5) is 0 Å². The molecule has 1 saturated heterocycles. The van der Waals surface area contributed by atoms with Gasteiger partial charge in [-0.05, 0) is 6.92 Å². The largest absolute Gasteiger partial charge is 0.748 e. The van der Waals surface area contributed by atoms with Gasteiger partial charge in [0.2, 0.25) is 5.91 Å². The Morgan fingerprint density at radius 2 is 1.90 bits per heavy atom. The van der Waals surface area contributed by atoms with Crippen molar-refractivity contribution in [2.45, 2.75) is 24.1 Å². The van der Waals surface area contributed by atoms with Crippen molar-refractivity contribution in [3.8, 4) is 0 Å². The van der Waals surface area contributed by atoms with Gasteiger partial charge in [0.05, 0.1) is 56.4 Å². The van der Waals surface area contributed by atoms with Crippen molar-refractivity contribution in [1.29, 1.82) is 0 Å². The van der Waals surface area contributed by atoms with Crippen molar-refractivity contribution in [1.82, 2.24) is 5.32 Å². The van der Waals surface area contributed by atoms with Gasteiger partial charge < -0.3 is 14.4 Å². The van der Waals surface area contributed by atoms with Crippen LogP contribution in [-0.4, -0.2) is 81.8 Å². The highest BCUT2D eigenvalue weighted by atomic mass is 32.2. The highest BCUT2D eigenvalue weighted by Gasteiger charge is 2.51. The zero-order chi connectivity index (χ0) is 16.7. The summed E-state index contributed by atoms with van der Waals surface area (Å²) in [7, 11) is -2.82. The molecule has 1 fully saturated rings. The SMILES string of the molecule is C[C@]1(NC(=O)CC[N+](C)(C)C)CS(=O)(=O)C[C@@H]1S(=O)(=O)[O-]. The fraction of sp³-hybridized carbons (Fsp3) is 0.909. The molecule has 0 bridgehead atoms. The zero-order valence-electron chi connectivity index (χ0n) is 12.6. The molecular weight excluding hydrogens is 320 g/mol. The van der Waals surface area contributed by atoms with E-state index in [0.717, 1.165) is 0 Å². The third-order valence-corrected chi connectivity index (χ3v) is 6.89. The van der Waals surface area contributed by atoms with Crippen LogP contribution in [0, 0.1) is 0 Å². The molecule has 2 atom stereocenters. The molecule has 1 amide bonds. The van der Waals surface area contributed by atoms with E-state index in [-0.39, 0.29) is 6.42 Å². The van der Waals surface area contributed by atoms with Crippen molar-refractivity contribution in [2.24, 2.45) is 0 Å². The first-order valence-corrected chi connectivity index (χ1v) is 9.71. The van der Waals surface area contributed by atoms with Gasteiger partial charge in [-0.1, -0.05) is 0 Å². The molecule has 1 aliphatic heterocycles. The lowest BCUT2D eigenvalue weighted by atomic mass is 10.0. The van der Waals surface area contributed by atoms with E-state index in [4.69, 9.17) is 0 Å². The fourth-order valence-corrected chi connectivity index (χ4v) is 6.67. The van der Waals surface area contributed by atoms with E-state index in [0.29, 0.717) is 11.0 Å². The third-order valence-electron chi connectivity index (χ3n) is 3.42. The third kappa shape index (κ3) is 5.20. The number of rotatable bonds is 5. The van der Waals surface area contributed by atoms with Gasteiger partial charge >= 0.3 is 0 Å². The molecule has 1 N–H and O–H groups in total. The quantitative estimate of drug-likeness (QED) is 0.470. The van der Waals surface area contributed by atoms with E-state index < -0.39 is 48.2 Å². The van der Waals surface area contributed by atoms with Crippen molar-refractivity contribution in [3.05, 3.63) is 0 Å². The molecule has 124 valence electrons. The summed E-state index contributed by atoms with van der Waals surface area (Å²) in [5.74, 6) is -1.75. The van der Waals surface area contributed by atoms with Gasteiger partial charge in [0, 0.05) is 0 Å². The van der Waals surface area contributed by atoms with Crippen LogP contribution in [-0.2, 0) is 24.7 Å². The molecule has 0 radical (unpaired) electrons. The number of hydrogen-bond donors (Lipinski definition) is 1. The Bertz CT molecular complexity index is 620. The number of amides is 1. The molecular formula is C11H22N2O6S2. The predicted molar refractivity (Wildman–Crippen MR) is 76.2 cm³/mol. The van der Waals surface area contributed by atoms with E-state index in [1.165, 1.54) is 6.92 Å². The minimum atomic E-state index is -4.82. The average Bonchev–Trinajstić information content (AvgIpc) is 2.44. The fourth-order valence-electron chi connectivity index (χ4n) is 2.36. The number of nitrogens with zero attached hydrogens (tertiary/aromatic N) is 1. The van der Waals surface area contributed by atoms with Gasteiger partial charge in [-0.25, -0.2) is 16.8 Å². The van der Waals surface area contributed by atoms with Crippen LogP contribution >= 0.6 is 0 Å². The Hall–Kier alpha value is -0.710. The second-order valence-corrected chi connectivity index (χ2v) is 10.4. The molecule has 0 spiro atoms. The maximum atomic E-state index is 11.9. The molecule has 21 heavy (non-hydrogen) atoms. The molecule has 1 aliphatic rings. The molecule has 0 aliphatic carbocycles. The van der Waals surface area contributed by atoms with Crippen LogP contribution in [0.25, 0.3) is 0 Å². The number of hydrogen-bond acceptors (Lipinski definition) is 6. The molecule has 0 unspecified atom stereocenters. The van der Waals surface area contributed by atoms with Gasteiger partial charge in [0.25, 0.3) is 0 Å². The summed E-state index contributed by atoms with van der Waals surface area (Å²) >= 11 is 0. The second kappa shape index (κ2) is 5.49.